The molecule has 0 amide bonds. The second kappa shape index (κ2) is 6.02. The van der Waals surface area contributed by atoms with Gasteiger partial charge in [-0.15, -0.1) is 20.4 Å². The van der Waals surface area contributed by atoms with Crippen LogP contribution in [0.5, 0.6) is 0 Å². The summed E-state index contributed by atoms with van der Waals surface area (Å²) in [5.74, 6) is 0.493. The lowest BCUT2D eigenvalue weighted by molar-refractivity contribution is 0.466. The van der Waals surface area contributed by atoms with E-state index in [1.165, 1.54) is 24.4 Å². The van der Waals surface area contributed by atoms with Crippen molar-refractivity contribution in [2.24, 2.45) is 0 Å². The Morgan fingerprint density at radius 2 is 1.90 bits per heavy atom. The van der Waals surface area contributed by atoms with Crippen molar-refractivity contribution in [3.63, 3.8) is 0 Å². The number of benzene rings is 1. The first-order chi connectivity index (χ1) is 10.3. The van der Waals surface area contributed by atoms with Crippen molar-refractivity contribution in [3.8, 4) is 11.5 Å². The molecule has 3 rings (SSSR count). The summed E-state index contributed by atoms with van der Waals surface area (Å²) < 4.78 is 7.09. The van der Waals surface area contributed by atoms with Gasteiger partial charge in [-0.05, 0) is 42.7 Å². The minimum atomic E-state index is 0.493. The predicted octanol–water partition coefficient (Wildman–Crippen LogP) is 2.30. The molecule has 2 heterocycles. The van der Waals surface area contributed by atoms with Crippen molar-refractivity contribution in [3.05, 3.63) is 36.9 Å². The number of hydrogen-bond acceptors (Lipinski definition) is 7. The molecule has 0 aliphatic heterocycles. The molecule has 0 saturated carbocycles. The van der Waals surface area contributed by atoms with Crippen molar-refractivity contribution < 1.29 is 4.42 Å². The predicted molar refractivity (Wildman–Crippen MR) is 83.2 cm³/mol. The summed E-state index contributed by atoms with van der Waals surface area (Å²) in [5, 5.41) is 19.4. The Labute approximate surface area is 129 Å². The van der Waals surface area contributed by atoms with E-state index in [0.29, 0.717) is 16.2 Å². The van der Waals surface area contributed by atoms with Crippen LogP contribution in [0.25, 0.3) is 11.5 Å². The molecule has 1 N–H and O–H groups in total. The van der Waals surface area contributed by atoms with Crippen LogP contribution in [-0.4, -0.2) is 36.3 Å². The number of hydrogen-bond donors (Lipinski definition) is 1. The first-order valence-corrected chi connectivity index (χ1v) is 7.53. The third kappa shape index (κ3) is 3.09. The lowest BCUT2D eigenvalue weighted by atomic mass is 10.2. The van der Waals surface area contributed by atoms with Gasteiger partial charge < -0.3 is 9.73 Å². The highest BCUT2D eigenvalue weighted by molar-refractivity contribution is 7.98. The van der Waals surface area contributed by atoms with Crippen molar-refractivity contribution in [1.29, 1.82) is 0 Å². The molecule has 21 heavy (non-hydrogen) atoms. The highest BCUT2D eigenvalue weighted by atomic mass is 32.2. The summed E-state index contributed by atoms with van der Waals surface area (Å²) in [7, 11) is 0. The topological polar surface area (TPSA) is 81.7 Å². The maximum atomic E-state index is 5.47. The lowest BCUT2D eigenvalue weighted by Gasteiger charge is -2.07. The van der Waals surface area contributed by atoms with Gasteiger partial charge in [0.05, 0.1) is 0 Å². The summed E-state index contributed by atoms with van der Waals surface area (Å²) in [6, 6.07) is 7.54. The second-order valence-corrected chi connectivity index (χ2v) is 5.10. The van der Waals surface area contributed by atoms with Gasteiger partial charge in [-0.25, -0.2) is 0 Å². The quantitative estimate of drug-likeness (QED) is 0.582. The molecule has 0 spiro atoms. The van der Waals surface area contributed by atoms with Gasteiger partial charge in [0.1, 0.15) is 12.7 Å². The Kier molecular flexibility index (Phi) is 3.93. The molecule has 0 unspecified atom stereocenters. The van der Waals surface area contributed by atoms with Crippen molar-refractivity contribution in [2.75, 3.05) is 11.6 Å². The molecule has 0 radical (unpaired) electrons. The summed E-state index contributed by atoms with van der Waals surface area (Å²) in [4.78, 5) is 0. The van der Waals surface area contributed by atoms with E-state index in [2.05, 4.69) is 25.7 Å². The number of thioether (sulfide) groups is 1. The molecule has 3 aromatic rings. The van der Waals surface area contributed by atoms with Gasteiger partial charge in [-0.2, -0.15) is 0 Å². The standard InChI is InChI=1S/C12H10N6OS2/c1-21-12-17-16-10(19-12)8-2-4-9(5-3-8)15-11(20)18-6-13-14-7-18/h2-7H,1H3,(H,15,20). The van der Waals surface area contributed by atoms with Crippen LogP contribution in [0.2, 0.25) is 0 Å². The highest BCUT2D eigenvalue weighted by Crippen LogP contribution is 2.23. The zero-order chi connectivity index (χ0) is 14.7. The van der Waals surface area contributed by atoms with Crippen LogP contribution in [0.15, 0.2) is 46.6 Å². The molecule has 0 atom stereocenters. The second-order valence-electron chi connectivity index (χ2n) is 3.95. The van der Waals surface area contributed by atoms with E-state index in [4.69, 9.17) is 16.6 Å². The third-order valence-corrected chi connectivity index (χ3v) is 3.44. The van der Waals surface area contributed by atoms with E-state index < -0.39 is 0 Å². The first kappa shape index (κ1) is 13.7. The molecule has 0 fully saturated rings. The minimum absolute atomic E-state index is 0.493. The molecule has 2 aromatic heterocycles. The van der Waals surface area contributed by atoms with Gasteiger partial charge in [-0.1, -0.05) is 11.8 Å². The number of aromatic nitrogens is 5. The van der Waals surface area contributed by atoms with Gasteiger partial charge in [0.2, 0.25) is 5.89 Å². The summed E-state index contributed by atoms with van der Waals surface area (Å²) in [6.07, 6.45) is 4.95. The van der Waals surface area contributed by atoms with Crippen LogP contribution >= 0.6 is 24.0 Å². The van der Waals surface area contributed by atoms with Crippen LogP contribution in [0.3, 0.4) is 0 Å². The van der Waals surface area contributed by atoms with E-state index in [9.17, 15) is 0 Å². The molecular weight excluding hydrogens is 308 g/mol. The zero-order valence-corrected chi connectivity index (χ0v) is 12.6. The van der Waals surface area contributed by atoms with E-state index in [0.717, 1.165) is 11.3 Å². The largest absolute Gasteiger partial charge is 0.411 e. The average Bonchev–Trinajstić information content (AvgIpc) is 3.19. The summed E-state index contributed by atoms with van der Waals surface area (Å²) in [5.41, 5.74) is 1.70. The fourth-order valence-electron chi connectivity index (χ4n) is 1.60. The van der Waals surface area contributed by atoms with Crippen molar-refractivity contribution >= 4 is 34.8 Å². The number of nitrogens with one attached hydrogen (secondary N) is 1. The maximum Gasteiger partial charge on any atom is 0.276 e. The highest BCUT2D eigenvalue weighted by Gasteiger charge is 2.08. The average molecular weight is 318 g/mol. The van der Waals surface area contributed by atoms with Crippen molar-refractivity contribution in [2.45, 2.75) is 5.22 Å². The van der Waals surface area contributed by atoms with Gasteiger partial charge in [0, 0.05) is 11.3 Å². The minimum Gasteiger partial charge on any atom is -0.411 e. The fraction of sp³-hybridized carbons (Fsp3) is 0.0833. The molecule has 7 nitrogen and oxygen atoms in total. The van der Waals surface area contributed by atoms with E-state index in [-0.39, 0.29) is 0 Å². The molecule has 106 valence electrons. The van der Waals surface area contributed by atoms with E-state index >= 15 is 0 Å². The number of thiocarbonyl (C=S) groups is 1. The van der Waals surface area contributed by atoms with Gasteiger partial charge in [0.15, 0.2) is 5.11 Å². The van der Waals surface area contributed by atoms with Gasteiger partial charge in [0.25, 0.3) is 5.22 Å². The van der Waals surface area contributed by atoms with E-state index in [1.54, 1.807) is 4.57 Å². The monoisotopic (exact) mass is 318 g/mol. The van der Waals surface area contributed by atoms with Crippen LogP contribution < -0.4 is 5.32 Å². The molecular formula is C12H10N6OS2. The molecule has 0 aliphatic rings. The Morgan fingerprint density at radius 1 is 1.19 bits per heavy atom. The van der Waals surface area contributed by atoms with Crippen LogP contribution in [0.4, 0.5) is 5.69 Å². The normalized spacial score (nSPS) is 10.5. The smallest absolute Gasteiger partial charge is 0.276 e. The SMILES string of the molecule is CSc1nnc(-c2ccc(NC(=S)n3cnnc3)cc2)o1. The van der Waals surface area contributed by atoms with Gasteiger partial charge >= 0.3 is 0 Å². The Bertz CT molecular complexity index is 737. The Balaban J connectivity index is 1.73. The lowest BCUT2D eigenvalue weighted by Crippen LogP contribution is -2.17. The third-order valence-electron chi connectivity index (χ3n) is 2.62. The number of anilines is 1. The number of nitrogens with zero attached hydrogens (tertiary/aromatic N) is 5. The molecule has 0 aliphatic carbocycles. The van der Waals surface area contributed by atoms with Crippen LogP contribution in [0, 0.1) is 0 Å². The fourth-order valence-corrected chi connectivity index (χ4v) is 2.10. The molecule has 0 bridgehead atoms. The number of rotatable bonds is 3. The van der Waals surface area contributed by atoms with Crippen LogP contribution in [0.1, 0.15) is 0 Å². The van der Waals surface area contributed by atoms with Gasteiger partial charge in [-0.3, -0.25) is 4.57 Å². The summed E-state index contributed by atoms with van der Waals surface area (Å²) >= 11 is 6.64. The van der Waals surface area contributed by atoms with Crippen LogP contribution in [-0.2, 0) is 0 Å². The summed E-state index contributed by atoms with van der Waals surface area (Å²) in [6.45, 7) is 0. The molecule has 0 saturated heterocycles. The van der Waals surface area contributed by atoms with E-state index in [1.807, 2.05) is 30.5 Å². The maximum absolute atomic E-state index is 5.47. The zero-order valence-electron chi connectivity index (χ0n) is 10.9. The molecule has 1 aromatic carbocycles. The Morgan fingerprint density at radius 3 is 2.52 bits per heavy atom. The van der Waals surface area contributed by atoms with Crippen molar-refractivity contribution in [1.82, 2.24) is 25.0 Å². The Hall–Kier alpha value is -2.26. The first-order valence-electron chi connectivity index (χ1n) is 5.90. The molecule has 9 heteroatoms.